The number of hydrogen-bond acceptors (Lipinski definition) is 10. The Morgan fingerprint density at radius 2 is 1.25 bits per heavy atom. The number of fused-ring (bicyclic) bond motifs is 2. The van der Waals surface area contributed by atoms with Crippen molar-refractivity contribution in [1.82, 2.24) is 20.9 Å². The molecule has 3 atom stereocenters. The number of hydrogen-bond donors (Lipinski definition) is 7. The summed E-state index contributed by atoms with van der Waals surface area (Å²) in [6.45, 7) is 6.90. The number of carbonyl (C=O) groups excluding carboxylic acids is 4. The molecular weight excluding hydrogens is 666 g/mol. The largest absolute Gasteiger partial charge is 0.492 e. The molecule has 2 aromatic rings. The number of benzene rings is 2. The molecule has 0 aromatic heterocycles. The molecule has 4 amide bonds. The van der Waals surface area contributed by atoms with E-state index in [1.54, 1.807) is 52.0 Å². The lowest BCUT2D eigenvalue weighted by Gasteiger charge is -2.23. The van der Waals surface area contributed by atoms with Gasteiger partial charge in [-0.3, -0.25) is 24.0 Å². The predicted octanol–water partition coefficient (Wildman–Crippen LogP) is -1.45. The highest BCUT2D eigenvalue weighted by molar-refractivity contribution is 6.64. The zero-order chi connectivity index (χ0) is 37.4. The van der Waals surface area contributed by atoms with Crippen LogP contribution in [0.15, 0.2) is 36.4 Å². The fourth-order valence-electron chi connectivity index (χ4n) is 6.87. The third-order valence-corrected chi connectivity index (χ3v) is 9.46. The van der Waals surface area contributed by atoms with E-state index in [1.165, 1.54) is 17.0 Å². The molecular formula is C33H40B2N4O12. The number of likely N-dealkylation sites (tertiary alicyclic amines) is 1. The molecule has 0 spiro atoms. The van der Waals surface area contributed by atoms with Gasteiger partial charge >= 0.3 is 26.2 Å². The first kappa shape index (κ1) is 37.5. The lowest BCUT2D eigenvalue weighted by Crippen LogP contribution is -2.52. The molecule has 3 heterocycles. The Morgan fingerprint density at radius 1 is 0.784 bits per heavy atom. The summed E-state index contributed by atoms with van der Waals surface area (Å²) in [5.41, 5.74) is 0.447. The highest BCUT2D eigenvalue weighted by Gasteiger charge is 2.46. The van der Waals surface area contributed by atoms with Crippen LogP contribution in [0.25, 0.3) is 0 Å². The maximum absolute atomic E-state index is 13.7. The van der Waals surface area contributed by atoms with Crippen LogP contribution in [0.1, 0.15) is 85.2 Å². The molecule has 0 bridgehead atoms. The Labute approximate surface area is 294 Å². The van der Waals surface area contributed by atoms with Gasteiger partial charge in [0.2, 0.25) is 11.8 Å². The molecule has 16 nitrogen and oxygen atoms in total. The van der Waals surface area contributed by atoms with E-state index < -0.39 is 92.0 Å². The maximum Gasteiger partial charge on any atom is 0.492 e. The molecule has 2 unspecified atom stereocenters. The molecule has 1 saturated heterocycles. The molecule has 18 heteroatoms. The summed E-state index contributed by atoms with van der Waals surface area (Å²) in [5, 5.41) is 47.5. The van der Waals surface area contributed by atoms with Gasteiger partial charge in [0, 0.05) is 54.4 Å². The van der Waals surface area contributed by atoms with Crippen molar-refractivity contribution in [2.75, 3.05) is 13.1 Å². The van der Waals surface area contributed by atoms with Crippen molar-refractivity contribution in [3.8, 4) is 0 Å². The van der Waals surface area contributed by atoms with E-state index in [4.69, 9.17) is 14.4 Å². The average molecular weight is 706 g/mol. The predicted molar refractivity (Wildman–Crippen MR) is 181 cm³/mol. The summed E-state index contributed by atoms with van der Waals surface area (Å²) in [6, 6.07) is 6.75. The second kappa shape index (κ2) is 14.5. The van der Waals surface area contributed by atoms with Crippen molar-refractivity contribution < 1.29 is 58.3 Å². The summed E-state index contributed by atoms with van der Waals surface area (Å²) in [7, 11) is -2.72. The second-order valence-electron chi connectivity index (χ2n) is 13.8. The lowest BCUT2D eigenvalue weighted by molar-refractivity contribution is -0.143. The van der Waals surface area contributed by atoms with Crippen molar-refractivity contribution in [1.29, 1.82) is 0 Å². The first-order valence-corrected chi connectivity index (χ1v) is 16.5. The maximum atomic E-state index is 13.7. The minimum atomic E-state index is -1.45. The van der Waals surface area contributed by atoms with Crippen molar-refractivity contribution in [2.45, 2.75) is 82.7 Å². The van der Waals surface area contributed by atoms with Gasteiger partial charge in [-0.05, 0) is 57.4 Å². The average Bonchev–Trinajstić information content (AvgIpc) is 3.64. The molecule has 270 valence electrons. The van der Waals surface area contributed by atoms with Gasteiger partial charge in [0.05, 0.1) is 23.3 Å². The number of aliphatic carboxylic acids is 2. The smallest absolute Gasteiger partial charge is 0.481 e. The van der Waals surface area contributed by atoms with Crippen molar-refractivity contribution in [2.24, 2.45) is 0 Å². The number of amides is 4. The summed E-state index contributed by atoms with van der Waals surface area (Å²) in [6.07, 6.45) is -1.55. The van der Waals surface area contributed by atoms with E-state index in [2.05, 4.69) is 16.0 Å². The minimum absolute atomic E-state index is 0.0707. The summed E-state index contributed by atoms with van der Waals surface area (Å²) in [4.78, 5) is 77.1. The van der Waals surface area contributed by atoms with Crippen LogP contribution in [0.4, 0.5) is 0 Å². The Kier molecular flexibility index (Phi) is 10.6. The normalized spacial score (nSPS) is 20.3. The van der Waals surface area contributed by atoms with E-state index in [9.17, 15) is 43.9 Å². The number of carbonyl (C=O) groups is 6. The van der Waals surface area contributed by atoms with Crippen molar-refractivity contribution in [3.05, 3.63) is 58.7 Å². The van der Waals surface area contributed by atoms with Gasteiger partial charge in [-0.15, -0.1) is 0 Å². The van der Waals surface area contributed by atoms with Gasteiger partial charge in [0.15, 0.2) is 0 Å². The van der Waals surface area contributed by atoms with Crippen LogP contribution in [0.2, 0.25) is 0 Å². The molecule has 51 heavy (non-hydrogen) atoms. The third-order valence-electron chi connectivity index (χ3n) is 9.46. The van der Waals surface area contributed by atoms with Gasteiger partial charge in [-0.1, -0.05) is 24.3 Å². The van der Waals surface area contributed by atoms with E-state index in [0.29, 0.717) is 22.1 Å². The Balaban J connectivity index is 1.34. The Hall–Kier alpha value is -4.77. The first-order chi connectivity index (χ1) is 23.9. The van der Waals surface area contributed by atoms with Crippen molar-refractivity contribution >= 4 is 60.7 Å². The van der Waals surface area contributed by atoms with Gasteiger partial charge < -0.3 is 50.4 Å². The van der Waals surface area contributed by atoms with Crippen LogP contribution in [0.3, 0.4) is 0 Å². The van der Waals surface area contributed by atoms with E-state index >= 15 is 0 Å². The minimum Gasteiger partial charge on any atom is -0.481 e. The number of carboxylic acids is 2. The topological polar surface area (TPSA) is 241 Å². The SMILES string of the molecule is CC1(C)OB(O)c2c(C(=O)NC3CN(C(=O)CCC(=O)N[C@@H](CCC(=O)O)C(=O)O)CC3NC(=O)c3cccc4c3B(O)OC4(C)C)cccc21. The van der Waals surface area contributed by atoms with E-state index in [1.807, 2.05) is 0 Å². The second-order valence-corrected chi connectivity index (χ2v) is 13.8. The van der Waals surface area contributed by atoms with Crippen LogP contribution in [0.5, 0.6) is 0 Å². The van der Waals surface area contributed by atoms with Gasteiger partial charge in [-0.2, -0.15) is 0 Å². The summed E-state index contributed by atoms with van der Waals surface area (Å²) < 4.78 is 11.3. The summed E-state index contributed by atoms with van der Waals surface area (Å²) >= 11 is 0. The number of nitrogens with zero attached hydrogens (tertiary/aromatic N) is 1. The molecule has 7 N–H and O–H groups in total. The monoisotopic (exact) mass is 706 g/mol. The van der Waals surface area contributed by atoms with Gasteiger partial charge in [0.25, 0.3) is 11.8 Å². The molecule has 1 fully saturated rings. The molecule has 5 rings (SSSR count). The van der Waals surface area contributed by atoms with Gasteiger partial charge in [0.1, 0.15) is 6.04 Å². The zero-order valence-corrected chi connectivity index (χ0v) is 28.6. The Bertz CT molecular complexity index is 1680. The van der Waals surface area contributed by atoms with Crippen LogP contribution in [0, 0.1) is 0 Å². The van der Waals surface area contributed by atoms with Gasteiger partial charge in [-0.25, -0.2) is 4.79 Å². The quantitative estimate of drug-likeness (QED) is 0.126. The number of nitrogens with one attached hydrogen (secondary N) is 3. The fourth-order valence-corrected chi connectivity index (χ4v) is 6.87. The van der Waals surface area contributed by atoms with Crippen LogP contribution < -0.4 is 26.9 Å². The molecule has 3 aliphatic heterocycles. The molecule has 2 aromatic carbocycles. The number of carboxylic acid groups (broad SMARTS) is 2. The van der Waals surface area contributed by atoms with Crippen molar-refractivity contribution in [3.63, 3.8) is 0 Å². The van der Waals surface area contributed by atoms with Crippen LogP contribution in [-0.4, -0.2) is 106 Å². The summed E-state index contributed by atoms with van der Waals surface area (Å²) in [5.74, 6) is -5.09. The first-order valence-electron chi connectivity index (χ1n) is 16.5. The highest BCUT2D eigenvalue weighted by Crippen LogP contribution is 2.32. The zero-order valence-electron chi connectivity index (χ0n) is 28.6. The third kappa shape index (κ3) is 7.93. The highest BCUT2D eigenvalue weighted by atomic mass is 16.5. The lowest BCUT2D eigenvalue weighted by atomic mass is 9.74. The molecule has 3 aliphatic rings. The van der Waals surface area contributed by atoms with E-state index in [0.717, 1.165) is 0 Å². The fraction of sp³-hybridized carbons (Fsp3) is 0.455. The van der Waals surface area contributed by atoms with Crippen LogP contribution >= 0.6 is 0 Å². The Morgan fingerprint density at radius 3 is 1.69 bits per heavy atom. The molecule has 0 aliphatic carbocycles. The van der Waals surface area contributed by atoms with Crippen LogP contribution in [-0.2, 0) is 39.7 Å². The van der Waals surface area contributed by atoms with E-state index in [-0.39, 0.29) is 37.1 Å². The standard InChI is InChI=1S/C33H40B2N4O12/c1-32(2)19-9-5-7-17(27(19)34(48)50-32)29(44)37-22-15-39(25(41)13-12-24(40)36-21(31(46)47)11-14-26(42)43)16-23(22)38-30(45)18-8-6-10-20-28(18)35(49)51-33(20,3)4/h5-10,21-23,48-49H,11-16H2,1-4H3,(H,36,40)(H,37,44)(H,38,45)(H,42,43)(H,46,47)/t21-,22?,23?/m0/s1. The molecule has 0 radical (unpaired) electrons. The number of rotatable bonds is 12. The molecule has 0 saturated carbocycles.